The van der Waals surface area contributed by atoms with E-state index in [-0.39, 0.29) is 19.0 Å². The first-order valence-corrected chi connectivity index (χ1v) is 5.46. The lowest BCUT2D eigenvalue weighted by molar-refractivity contribution is 0.0794. The maximum Gasteiger partial charge on any atom is 0.257 e. The van der Waals surface area contributed by atoms with Gasteiger partial charge in [0, 0.05) is 12.7 Å². The quantitative estimate of drug-likeness (QED) is 0.779. The fourth-order valence-electron chi connectivity index (χ4n) is 1.36. The van der Waals surface area contributed by atoms with E-state index in [1.807, 2.05) is 19.1 Å². The maximum absolute atomic E-state index is 12.0. The third-order valence-corrected chi connectivity index (χ3v) is 2.18. The van der Waals surface area contributed by atoms with E-state index in [2.05, 4.69) is 10.3 Å². The van der Waals surface area contributed by atoms with Crippen LogP contribution in [0.2, 0.25) is 0 Å². The van der Waals surface area contributed by atoms with Crippen LogP contribution in [0.4, 0.5) is 5.82 Å². The molecule has 1 heterocycles. The third-order valence-electron chi connectivity index (χ3n) is 2.18. The third kappa shape index (κ3) is 3.46. The highest BCUT2D eigenvalue weighted by atomic mass is 16.2. The molecule has 0 fully saturated rings. The first-order valence-electron chi connectivity index (χ1n) is 5.46. The van der Waals surface area contributed by atoms with Crippen LogP contribution < -0.4 is 5.32 Å². The Bertz CT molecular complexity index is 467. The molecular formula is C12H13N5O. The smallest absolute Gasteiger partial charge is 0.257 e. The van der Waals surface area contributed by atoms with Crippen LogP contribution in [0.5, 0.6) is 0 Å². The molecule has 0 unspecified atom stereocenters. The highest BCUT2D eigenvalue weighted by Crippen LogP contribution is 2.07. The molecule has 0 aromatic carbocycles. The molecule has 1 aromatic heterocycles. The Labute approximate surface area is 105 Å². The number of nitrogens with one attached hydrogen (secondary N) is 1. The Hall–Kier alpha value is -2.60. The summed E-state index contributed by atoms with van der Waals surface area (Å²) in [5.41, 5.74) is 0.363. The van der Waals surface area contributed by atoms with E-state index in [1.165, 1.54) is 11.1 Å². The number of anilines is 1. The van der Waals surface area contributed by atoms with Gasteiger partial charge in [-0.1, -0.05) is 0 Å². The van der Waals surface area contributed by atoms with Gasteiger partial charge >= 0.3 is 0 Å². The number of carbonyl (C=O) groups excluding carboxylic acids is 1. The van der Waals surface area contributed by atoms with Crippen molar-refractivity contribution < 1.29 is 4.79 Å². The Balaban J connectivity index is 2.82. The second kappa shape index (κ2) is 6.87. The summed E-state index contributed by atoms with van der Waals surface area (Å²) in [4.78, 5) is 17.2. The summed E-state index contributed by atoms with van der Waals surface area (Å²) in [7, 11) is 0. The van der Waals surface area contributed by atoms with Crippen LogP contribution in [0, 0.1) is 22.7 Å². The van der Waals surface area contributed by atoms with Gasteiger partial charge in [-0.2, -0.15) is 10.5 Å². The van der Waals surface area contributed by atoms with Gasteiger partial charge < -0.3 is 10.2 Å². The van der Waals surface area contributed by atoms with Crippen LogP contribution in [0.15, 0.2) is 18.3 Å². The lowest BCUT2D eigenvalue weighted by Crippen LogP contribution is -2.31. The molecule has 92 valence electrons. The molecule has 1 aromatic rings. The van der Waals surface area contributed by atoms with Gasteiger partial charge in [0.05, 0.1) is 17.7 Å². The molecule has 0 aliphatic heterocycles. The van der Waals surface area contributed by atoms with Gasteiger partial charge in [0.1, 0.15) is 18.9 Å². The number of rotatable bonds is 5. The van der Waals surface area contributed by atoms with Gasteiger partial charge in [0.25, 0.3) is 5.91 Å². The summed E-state index contributed by atoms with van der Waals surface area (Å²) >= 11 is 0. The summed E-state index contributed by atoms with van der Waals surface area (Å²) in [5, 5.41) is 20.2. The van der Waals surface area contributed by atoms with E-state index in [4.69, 9.17) is 10.5 Å². The van der Waals surface area contributed by atoms with Crippen molar-refractivity contribution in [1.29, 1.82) is 10.5 Å². The molecule has 0 radical (unpaired) electrons. The Morgan fingerprint density at radius 2 is 2.06 bits per heavy atom. The summed E-state index contributed by atoms with van der Waals surface area (Å²) < 4.78 is 0. The number of amides is 1. The minimum Gasteiger partial charge on any atom is -0.370 e. The molecule has 1 amide bonds. The van der Waals surface area contributed by atoms with Crippen molar-refractivity contribution in [2.75, 3.05) is 25.0 Å². The zero-order chi connectivity index (χ0) is 13.4. The lowest BCUT2D eigenvalue weighted by Gasteiger charge is -2.15. The van der Waals surface area contributed by atoms with E-state index < -0.39 is 0 Å². The number of nitriles is 2. The maximum atomic E-state index is 12.0. The van der Waals surface area contributed by atoms with E-state index in [0.29, 0.717) is 11.4 Å². The molecule has 0 saturated carbocycles. The summed E-state index contributed by atoms with van der Waals surface area (Å²) in [6, 6.07) is 7.02. The number of nitrogens with zero attached hydrogens (tertiary/aromatic N) is 4. The minimum absolute atomic E-state index is 0.110. The van der Waals surface area contributed by atoms with Gasteiger partial charge in [-0.15, -0.1) is 0 Å². The fraction of sp³-hybridized carbons (Fsp3) is 0.333. The summed E-state index contributed by atoms with van der Waals surface area (Å²) in [6.07, 6.45) is 1.43. The van der Waals surface area contributed by atoms with Crippen molar-refractivity contribution in [3.8, 4) is 12.1 Å². The molecule has 0 bridgehead atoms. The minimum atomic E-state index is -0.367. The normalized spacial score (nSPS) is 9.06. The number of aromatic nitrogens is 1. The predicted molar refractivity (Wildman–Crippen MR) is 65.5 cm³/mol. The second-order valence-corrected chi connectivity index (χ2v) is 3.44. The number of hydrogen-bond acceptors (Lipinski definition) is 5. The van der Waals surface area contributed by atoms with Gasteiger partial charge in [0.2, 0.25) is 0 Å². The molecule has 0 aliphatic carbocycles. The standard InChI is InChI=1S/C12H13N5O/c1-2-15-11-4-3-10(9-16-11)12(18)17(7-5-13)8-6-14/h3-4,9H,2,7-8H2,1H3,(H,15,16). The topological polar surface area (TPSA) is 92.8 Å². The molecule has 1 rings (SSSR count). The van der Waals surface area contributed by atoms with E-state index in [1.54, 1.807) is 12.1 Å². The van der Waals surface area contributed by atoms with Gasteiger partial charge in [-0.3, -0.25) is 4.79 Å². The Kier molecular flexibility index (Phi) is 5.14. The SMILES string of the molecule is CCNc1ccc(C(=O)N(CC#N)CC#N)cn1. The van der Waals surface area contributed by atoms with E-state index in [0.717, 1.165) is 6.54 Å². The monoisotopic (exact) mass is 243 g/mol. The first-order chi connectivity index (χ1) is 8.72. The average molecular weight is 243 g/mol. The van der Waals surface area contributed by atoms with Crippen molar-refractivity contribution in [2.45, 2.75) is 6.92 Å². The van der Waals surface area contributed by atoms with Gasteiger partial charge in [0.15, 0.2) is 0 Å². The zero-order valence-electron chi connectivity index (χ0n) is 10.1. The van der Waals surface area contributed by atoms with Crippen LogP contribution in [-0.4, -0.2) is 35.4 Å². The largest absolute Gasteiger partial charge is 0.370 e. The lowest BCUT2D eigenvalue weighted by atomic mass is 10.2. The summed E-state index contributed by atoms with van der Waals surface area (Å²) in [5.74, 6) is 0.315. The van der Waals surface area contributed by atoms with Crippen molar-refractivity contribution in [3.63, 3.8) is 0 Å². The van der Waals surface area contributed by atoms with E-state index >= 15 is 0 Å². The Morgan fingerprint density at radius 1 is 1.39 bits per heavy atom. The molecule has 1 N–H and O–H groups in total. The van der Waals surface area contributed by atoms with Crippen molar-refractivity contribution in [2.24, 2.45) is 0 Å². The van der Waals surface area contributed by atoms with Crippen molar-refractivity contribution in [3.05, 3.63) is 23.9 Å². The first kappa shape index (κ1) is 13.5. The van der Waals surface area contributed by atoms with Crippen molar-refractivity contribution in [1.82, 2.24) is 9.88 Å². The molecule has 6 nitrogen and oxygen atoms in total. The van der Waals surface area contributed by atoms with Gasteiger partial charge in [-0.05, 0) is 19.1 Å². The average Bonchev–Trinajstić information content (AvgIpc) is 2.39. The number of hydrogen-bond donors (Lipinski definition) is 1. The number of carbonyl (C=O) groups is 1. The fourth-order valence-corrected chi connectivity index (χ4v) is 1.36. The molecular weight excluding hydrogens is 230 g/mol. The molecule has 18 heavy (non-hydrogen) atoms. The molecule has 0 atom stereocenters. The molecule has 0 aliphatic rings. The predicted octanol–water partition coefficient (Wildman–Crippen LogP) is 1.00. The zero-order valence-corrected chi connectivity index (χ0v) is 10.1. The van der Waals surface area contributed by atoms with Gasteiger partial charge in [-0.25, -0.2) is 4.98 Å². The highest BCUT2D eigenvalue weighted by Gasteiger charge is 2.15. The van der Waals surface area contributed by atoms with Crippen molar-refractivity contribution >= 4 is 11.7 Å². The highest BCUT2D eigenvalue weighted by molar-refractivity contribution is 5.94. The number of pyridine rings is 1. The molecule has 0 spiro atoms. The molecule has 0 saturated heterocycles. The Morgan fingerprint density at radius 3 is 2.50 bits per heavy atom. The van der Waals surface area contributed by atoms with E-state index in [9.17, 15) is 4.79 Å². The van der Waals surface area contributed by atoms with Crippen LogP contribution in [0.25, 0.3) is 0 Å². The second-order valence-electron chi connectivity index (χ2n) is 3.44. The van der Waals surface area contributed by atoms with Crippen LogP contribution >= 0.6 is 0 Å². The van der Waals surface area contributed by atoms with Crippen LogP contribution in [0.1, 0.15) is 17.3 Å². The van der Waals surface area contributed by atoms with Crippen LogP contribution in [0.3, 0.4) is 0 Å². The summed E-state index contributed by atoms with van der Waals surface area (Å²) in [6.45, 7) is 2.47. The molecule has 6 heteroatoms. The van der Waals surface area contributed by atoms with Crippen LogP contribution in [-0.2, 0) is 0 Å².